The standard InChI is InChI=1S/C24H28N2OS/c1-16-6-11-19(12-7-16)22-17(2)28-23(26-22)25-21(27)15-10-18-8-13-20(14-9-18)24(3,4)5/h6-9,11-14H,10,15H2,1-5H3,(H,25,26,27). The van der Waals surface area contributed by atoms with E-state index < -0.39 is 0 Å². The second kappa shape index (κ2) is 8.27. The molecule has 1 heterocycles. The number of nitrogens with zero attached hydrogens (tertiary/aromatic N) is 1. The summed E-state index contributed by atoms with van der Waals surface area (Å²) < 4.78 is 0. The van der Waals surface area contributed by atoms with Crippen molar-refractivity contribution in [2.75, 3.05) is 5.32 Å². The van der Waals surface area contributed by atoms with Gasteiger partial charge in [0.2, 0.25) is 5.91 Å². The lowest BCUT2D eigenvalue weighted by molar-refractivity contribution is -0.116. The number of nitrogens with one attached hydrogen (secondary N) is 1. The van der Waals surface area contributed by atoms with Crippen LogP contribution < -0.4 is 5.32 Å². The minimum absolute atomic E-state index is 0.00380. The molecule has 3 rings (SSSR count). The molecule has 1 amide bonds. The average molecular weight is 393 g/mol. The molecule has 28 heavy (non-hydrogen) atoms. The SMILES string of the molecule is Cc1ccc(-c2nc(NC(=O)CCc3ccc(C(C)(C)C)cc3)sc2C)cc1. The van der Waals surface area contributed by atoms with Crippen molar-refractivity contribution >= 4 is 22.4 Å². The number of carbonyl (C=O) groups excluding carboxylic acids is 1. The van der Waals surface area contributed by atoms with Gasteiger partial charge in [0.1, 0.15) is 0 Å². The molecule has 0 saturated heterocycles. The second-order valence-electron chi connectivity index (χ2n) is 8.28. The van der Waals surface area contributed by atoms with E-state index in [2.05, 4.69) is 86.5 Å². The fraction of sp³-hybridized carbons (Fsp3) is 0.333. The van der Waals surface area contributed by atoms with E-state index in [9.17, 15) is 4.79 Å². The van der Waals surface area contributed by atoms with Gasteiger partial charge in [-0.1, -0.05) is 74.9 Å². The first kappa shape index (κ1) is 20.3. The molecule has 0 aliphatic heterocycles. The maximum Gasteiger partial charge on any atom is 0.226 e. The molecule has 3 nitrogen and oxygen atoms in total. The van der Waals surface area contributed by atoms with Gasteiger partial charge in [-0.2, -0.15) is 0 Å². The molecular formula is C24H28N2OS. The molecule has 0 aliphatic carbocycles. The zero-order valence-corrected chi connectivity index (χ0v) is 18.1. The first-order valence-electron chi connectivity index (χ1n) is 9.66. The van der Waals surface area contributed by atoms with Gasteiger partial charge in [0, 0.05) is 16.9 Å². The Balaban J connectivity index is 1.59. The number of carbonyl (C=O) groups is 1. The van der Waals surface area contributed by atoms with E-state index in [1.807, 2.05) is 6.92 Å². The van der Waals surface area contributed by atoms with Crippen LogP contribution in [-0.4, -0.2) is 10.9 Å². The molecule has 1 N–H and O–H groups in total. The predicted molar refractivity (Wildman–Crippen MR) is 119 cm³/mol. The highest BCUT2D eigenvalue weighted by molar-refractivity contribution is 7.16. The monoisotopic (exact) mass is 392 g/mol. The molecule has 0 saturated carbocycles. The van der Waals surface area contributed by atoms with Crippen LogP contribution in [0, 0.1) is 13.8 Å². The highest BCUT2D eigenvalue weighted by Crippen LogP contribution is 2.30. The van der Waals surface area contributed by atoms with E-state index in [1.54, 1.807) is 0 Å². The van der Waals surface area contributed by atoms with Gasteiger partial charge in [-0.05, 0) is 36.8 Å². The number of rotatable bonds is 5. The summed E-state index contributed by atoms with van der Waals surface area (Å²) in [5.74, 6) is 0.00380. The third-order valence-electron chi connectivity index (χ3n) is 4.83. The van der Waals surface area contributed by atoms with Crippen molar-refractivity contribution in [2.24, 2.45) is 0 Å². The molecule has 146 valence electrons. The normalized spacial score (nSPS) is 11.5. The topological polar surface area (TPSA) is 42.0 Å². The number of amides is 1. The average Bonchev–Trinajstić information content (AvgIpc) is 3.00. The van der Waals surface area contributed by atoms with E-state index >= 15 is 0 Å². The summed E-state index contributed by atoms with van der Waals surface area (Å²) in [5, 5.41) is 3.63. The molecule has 0 spiro atoms. The van der Waals surface area contributed by atoms with Crippen molar-refractivity contribution < 1.29 is 4.79 Å². The fourth-order valence-corrected chi connectivity index (χ4v) is 3.89. The quantitative estimate of drug-likeness (QED) is 0.554. The van der Waals surface area contributed by atoms with Crippen LogP contribution in [0.3, 0.4) is 0 Å². The Bertz CT molecular complexity index is 948. The van der Waals surface area contributed by atoms with Crippen molar-refractivity contribution in [3.63, 3.8) is 0 Å². The second-order valence-corrected chi connectivity index (χ2v) is 9.49. The van der Waals surface area contributed by atoms with Crippen LogP contribution in [0.4, 0.5) is 5.13 Å². The third kappa shape index (κ3) is 5.08. The van der Waals surface area contributed by atoms with E-state index in [0.29, 0.717) is 11.6 Å². The third-order valence-corrected chi connectivity index (χ3v) is 5.71. The Morgan fingerprint density at radius 1 is 1.00 bits per heavy atom. The molecule has 4 heteroatoms. The van der Waals surface area contributed by atoms with Gasteiger partial charge >= 0.3 is 0 Å². The van der Waals surface area contributed by atoms with Crippen LogP contribution in [0.15, 0.2) is 48.5 Å². The number of aromatic nitrogens is 1. The zero-order chi connectivity index (χ0) is 20.3. The van der Waals surface area contributed by atoms with Crippen molar-refractivity contribution in [3.8, 4) is 11.3 Å². The van der Waals surface area contributed by atoms with Crippen molar-refractivity contribution in [1.82, 2.24) is 4.98 Å². The Morgan fingerprint density at radius 2 is 1.64 bits per heavy atom. The van der Waals surface area contributed by atoms with Crippen LogP contribution in [0.5, 0.6) is 0 Å². The van der Waals surface area contributed by atoms with Crippen molar-refractivity contribution in [1.29, 1.82) is 0 Å². The lowest BCUT2D eigenvalue weighted by Gasteiger charge is -2.19. The molecule has 1 aromatic heterocycles. The zero-order valence-electron chi connectivity index (χ0n) is 17.3. The number of hydrogen-bond acceptors (Lipinski definition) is 3. The van der Waals surface area contributed by atoms with E-state index in [-0.39, 0.29) is 11.3 Å². The number of anilines is 1. The number of aryl methyl sites for hydroxylation is 3. The molecule has 0 atom stereocenters. The number of thiazole rings is 1. The highest BCUT2D eigenvalue weighted by Gasteiger charge is 2.14. The number of benzene rings is 2. The summed E-state index contributed by atoms with van der Waals surface area (Å²) >= 11 is 1.53. The maximum atomic E-state index is 12.4. The van der Waals surface area contributed by atoms with Gasteiger partial charge in [0.15, 0.2) is 5.13 Å². The Kier molecular flexibility index (Phi) is 5.99. The summed E-state index contributed by atoms with van der Waals surface area (Å²) in [7, 11) is 0. The van der Waals surface area contributed by atoms with E-state index in [1.165, 1.54) is 28.0 Å². The van der Waals surface area contributed by atoms with Gasteiger partial charge in [-0.25, -0.2) is 4.98 Å². The molecule has 0 unspecified atom stereocenters. The van der Waals surface area contributed by atoms with Gasteiger partial charge < -0.3 is 5.32 Å². The summed E-state index contributed by atoms with van der Waals surface area (Å²) in [6.45, 7) is 10.7. The van der Waals surface area contributed by atoms with Crippen LogP contribution in [0.2, 0.25) is 0 Å². The molecule has 3 aromatic rings. The Morgan fingerprint density at radius 3 is 2.25 bits per heavy atom. The van der Waals surface area contributed by atoms with Crippen LogP contribution >= 0.6 is 11.3 Å². The van der Waals surface area contributed by atoms with Gasteiger partial charge in [-0.3, -0.25) is 4.79 Å². The van der Waals surface area contributed by atoms with Gasteiger partial charge in [0.05, 0.1) is 5.69 Å². The minimum Gasteiger partial charge on any atom is -0.302 e. The fourth-order valence-electron chi connectivity index (χ4n) is 3.04. The Labute approximate surface area is 171 Å². The summed E-state index contributed by atoms with van der Waals surface area (Å²) in [6.07, 6.45) is 1.18. The van der Waals surface area contributed by atoms with Crippen molar-refractivity contribution in [3.05, 3.63) is 70.1 Å². The molecule has 2 aromatic carbocycles. The number of hydrogen-bond donors (Lipinski definition) is 1. The van der Waals surface area contributed by atoms with E-state index in [0.717, 1.165) is 22.6 Å². The minimum atomic E-state index is 0.00380. The summed E-state index contributed by atoms with van der Waals surface area (Å²) in [4.78, 5) is 18.1. The van der Waals surface area contributed by atoms with Crippen LogP contribution in [-0.2, 0) is 16.6 Å². The largest absolute Gasteiger partial charge is 0.302 e. The lowest BCUT2D eigenvalue weighted by atomic mass is 9.86. The predicted octanol–water partition coefficient (Wildman–Crippen LogP) is 6.30. The highest BCUT2D eigenvalue weighted by atomic mass is 32.1. The molecule has 0 bridgehead atoms. The van der Waals surface area contributed by atoms with Crippen LogP contribution in [0.25, 0.3) is 11.3 Å². The molecule has 0 radical (unpaired) electrons. The summed E-state index contributed by atoms with van der Waals surface area (Å²) in [5.41, 5.74) is 5.88. The van der Waals surface area contributed by atoms with Gasteiger partial charge in [-0.15, -0.1) is 11.3 Å². The molecule has 0 fully saturated rings. The summed E-state index contributed by atoms with van der Waals surface area (Å²) in [6, 6.07) is 16.9. The Hall–Kier alpha value is -2.46. The maximum absolute atomic E-state index is 12.4. The molecule has 0 aliphatic rings. The first-order valence-corrected chi connectivity index (χ1v) is 10.5. The van der Waals surface area contributed by atoms with Crippen molar-refractivity contribution in [2.45, 2.75) is 52.9 Å². The first-order chi connectivity index (χ1) is 13.2. The van der Waals surface area contributed by atoms with Gasteiger partial charge in [0.25, 0.3) is 0 Å². The van der Waals surface area contributed by atoms with E-state index in [4.69, 9.17) is 0 Å². The van der Waals surface area contributed by atoms with Crippen LogP contribution in [0.1, 0.15) is 48.8 Å². The smallest absolute Gasteiger partial charge is 0.226 e. The molecular weight excluding hydrogens is 364 g/mol. The lowest BCUT2D eigenvalue weighted by Crippen LogP contribution is -2.13.